The Morgan fingerprint density at radius 2 is 1.64 bits per heavy atom. The Balaban J connectivity index is 1.72. The average molecular weight is 197 g/mol. The van der Waals surface area contributed by atoms with Gasteiger partial charge in [-0.1, -0.05) is 19.3 Å². The van der Waals surface area contributed by atoms with E-state index in [0.29, 0.717) is 5.92 Å². The number of aliphatic hydroxyl groups is 1. The number of likely N-dealkylation sites (tertiary alicyclic amines) is 1. The lowest BCUT2D eigenvalue weighted by atomic mass is 9.99. The molecule has 0 bridgehead atoms. The largest absolute Gasteiger partial charge is 0.392 e. The zero-order valence-electron chi connectivity index (χ0n) is 9.12. The molecule has 1 aliphatic heterocycles. The first-order chi connectivity index (χ1) is 6.86. The molecule has 1 heterocycles. The molecule has 1 saturated heterocycles. The van der Waals surface area contributed by atoms with Gasteiger partial charge in [0, 0.05) is 6.54 Å². The van der Waals surface area contributed by atoms with Crippen LogP contribution in [-0.2, 0) is 0 Å². The molecule has 1 unspecified atom stereocenters. The van der Waals surface area contributed by atoms with Crippen molar-refractivity contribution in [3.8, 4) is 0 Å². The fourth-order valence-electron chi connectivity index (χ4n) is 2.90. The third kappa shape index (κ3) is 2.71. The zero-order valence-corrected chi connectivity index (χ0v) is 9.12. The van der Waals surface area contributed by atoms with Crippen molar-refractivity contribution in [1.29, 1.82) is 0 Å². The van der Waals surface area contributed by atoms with Crippen LogP contribution in [0.15, 0.2) is 0 Å². The second-order valence-corrected chi connectivity index (χ2v) is 4.97. The molecule has 2 rings (SSSR count). The molecule has 82 valence electrons. The number of hydrogen-bond donors (Lipinski definition) is 1. The quantitative estimate of drug-likeness (QED) is 0.748. The highest BCUT2D eigenvalue weighted by Crippen LogP contribution is 2.28. The number of nitrogens with zero attached hydrogens (tertiary/aromatic N) is 1. The SMILES string of the molecule is OC(CN1CCCCC1)C1CCCC1. The minimum atomic E-state index is -0.0457. The summed E-state index contributed by atoms with van der Waals surface area (Å²) in [6, 6.07) is 0. The van der Waals surface area contributed by atoms with Crippen LogP contribution in [0.2, 0.25) is 0 Å². The van der Waals surface area contributed by atoms with E-state index in [4.69, 9.17) is 0 Å². The van der Waals surface area contributed by atoms with Crippen LogP contribution in [-0.4, -0.2) is 35.7 Å². The van der Waals surface area contributed by atoms with Gasteiger partial charge in [0.2, 0.25) is 0 Å². The first-order valence-corrected chi connectivity index (χ1v) is 6.26. The van der Waals surface area contributed by atoms with E-state index in [-0.39, 0.29) is 6.10 Å². The molecule has 14 heavy (non-hydrogen) atoms. The predicted molar refractivity (Wildman–Crippen MR) is 58.3 cm³/mol. The van der Waals surface area contributed by atoms with E-state index in [0.717, 1.165) is 6.54 Å². The molecular weight excluding hydrogens is 174 g/mol. The van der Waals surface area contributed by atoms with Crippen LogP contribution in [0, 0.1) is 5.92 Å². The maximum atomic E-state index is 10.1. The van der Waals surface area contributed by atoms with Gasteiger partial charge in [0.1, 0.15) is 0 Å². The van der Waals surface area contributed by atoms with Gasteiger partial charge in [-0.05, 0) is 44.7 Å². The Hall–Kier alpha value is -0.0800. The van der Waals surface area contributed by atoms with Crippen molar-refractivity contribution in [2.45, 2.75) is 51.0 Å². The summed E-state index contributed by atoms with van der Waals surface area (Å²) in [5.74, 6) is 0.608. The third-order valence-electron chi connectivity index (χ3n) is 3.84. The molecule has 0 aromatic rings. The van der Waals surface area contributed by atoms with E-state index in [1.165, 1.54) is 58.0 Å². The topological polar surface area (TPSA) is 23.5 Å². The van der Waals surface area contributed by atoms with Crippen molar-refractivity contribution < 1.29 is 5.11 Å². The van der Waals surface area contributed by atoms with E-state index >= 15 is 0 Å². The van der Waals surface area contributed by atoms with Crippen LogP contribution >= 0.6 is 0 Å². The summed E-state index contributed by atoms with van der Waals surface area (Å²) in [6.07, 6.45) is 9.19. The van der Waals surface area contributed by atoms with Gasteiger partial charge in [0.25, 0.3) is 0 Å². The number of piperidine rings is 1. The molecule has 2 aliphatic rings. The maximum Gasteiger partial charge on any atom is 0.0695 e. The second-order valence-electron chi connectivity index (χ2n) is 4.97. The van der Waals surface area contributed by atoms with Crippen LogP contribution in [0.3, 0.4) is 0 Å². The average Bonchev–Trinajstić information content (AvgIpc) is 2.72. The summed E-state index contributed by atoms with van der Waals surface area (Å²) in [4.78, 5) is 2.45. The highest BCUT2D eigenvalue weighted by molar-refractivity contribution is 4.78. The van der Waals surface area contributed by atoms with E-state index in [2.05, 4.69) is 4.90 Å². The van der Waals surface area contributed by atoms with Crippen LogP contribution in [0.1, 0.15) is 44.9 Å². The molecule has 0 aromatic heterocycles. The molecule has 1 saturated carbocycles. The van der Waals surface area contributed by atoms with Crippen LogP contribution in [0.4, 0.5) is 0 Å². The van der Waals surface area contributed by atoms with Crippen molar-refractivity contribution in [2.24, 2.45) is 5.92 Å². The monoisotopic (exact) mass is 197 g/mol. The molecule has 0 radical (unpaired) electrons. The maximum absolute atomic E-state index is 10.1. The summed E-state index contributed by atoms with van der Waals surface area (Å²) in [5.41, 5.74) is 0. The first kappa shape index (κ1) is 10.4. The lowest BCUT2D eigenvalue weighted by Crippen LogP contribution is -2.38. The van der Waals surface area contributed by atoms with E-state index < -0.39 is 0 Å². The Morgan fingerprint density at radius 3 is 2.29 bits per heavy atom. The zero-order chi connectivity index (χ0) is 9.80. The number of aliphatic hydroxyl groups excluding tert-OH is 1. The molecule has 0 aromatic carbocycles. The van der Waals surface area contributed by atoms with Crippen molar-refractivity contribution >= 4 is 0 Å². The van der Waals surface area contributed by atoms with Crippen molar-refractivity contribution in [3.05, 3.63) is 0 Å². The number of hydrogen-bond acceptors (Lipinski definition) is 2. The molecule has 1 N–H and O–H groups in total. The molecule has 2 nitrogen and oxygen atoms in total. The van der Waals surface area contributed by atoms with Gasteiger partial charge in [-0.25, -0.2) is 0 Å². The van der Waals surface area contributed by atoms with Gasteiger partial charge in [-0.15, -0.1) is 0 Å². The van der Waals surface area contributed by atoms with Crippen LogP contribution < -0.4 is 0 Å². The number of rotatable bonds is 3. The van der Waals surface area contributed by atoms with Crippen molar-refractivity contribution in [1.82, 2.24) is 4.90 Å². The van der Waals surface area contributed by atoms with Gasteiger partial charge >= 0.3 is 0 Å². The molecule has 2 heteroatoms. The molecule has 0 spiro atoms. The lowest BCUT2D eigenvalue weighted by molar-refractivity contribution is 0.0586. The molecule has 0 amide bonds. The second kappa shape index (κ2) is 5.13. The van der Waals surface area contributed by atoms with E-state index in [9.17, 15) is 5.11 Å². The number of β-amino-alcohol motifs (C(OH)–C–C–N with tert-alkyl or cyclic N) is 1. The molecule has 2 fully saturated rings. The highest BCUT2D eigenvalue weighted by atomic mass is 16.3. The third-order valence-corrected chi connectivity index (χ3v) is 3.84. The smallest absolute Gasteiger partial charge is 0.0695 e. The Labute approximate surface area is 87.3 Å². The van der Waals surface area contributed by atoms with Gasteiger partial charge in [0.05, 0.1) is 6.10 Å². The Morgan fingerprint density at radius 1 is 1.00 bits per heavy atom. The molecule has 1 aliphatic carbocycles. The summed E-state index contributed by atoms with van der Waals surface area (Å²) < 4.78 is 0. The van der Waals surface area contributed by atoms with Gasteiger partial charge in [-0.2, -0.15) is 0 Å². The van der Waals surface area contributed by atoms with Gasteiger partial charge < -0.3 is 10.0 Å². The minimum Gasteiger partial charge on any atom is -0.392 e. The lowest BCUT2D eigenvalue weighted by Gasteiger charge is -2.30. The van der Waals surface area contributed by atoms with Gasteiger partial charge in [0.15, 0.2) is 0 Å². The Kier molecular flexibility index (Phi) is 3.82. The predicted octanol–water partition coefficient (Wildman–Crippen LogP) is 2.02. The normalized spacial score (nSPS) is 28.1. The van der Waals surface area contributed by atoms with Crippen molar-refractivity contribution in [2.75, 3.05) is 19.6 Å². The summed E-state index contributed by atoms with van der Waals surface area (Å²) in [6.45, 7) is 3.36. The van der Waals surface area contributed by atoms with E-state index in [1.54, 1.807) is 0 Å². The minimum absolute atomic E-state index is 0.0457. The standard InChI is InChI=1S/C12H23NO/c14-12(11-6-2-3-7-11)10-13-8-4-1-5-9-13/h11-12,14H,1-10H2. The van der Waals surface area contributed by atoms with Crippen molar-refractivity contribution in [3.63, 3.8) is 0 Å². The molecular formula is C12H23NO. The highest BCUT2D eigenvalue weighted by Gasteiger charge is 2.25. The van der Waals surface area contributed by atoms with E-state index in [1.807, 2.05) is 0 Å². The van der Waals surface area contributed by atoms with Crippen LogP contribution in [0.5, 0.6) is 0 Å². The summed E-state index contributed by atoms with van der Waals surface area (Å²) in [7, 11) is 0. The van der Waals surface area contributed by atoms with Crippen LogP contribution in [0.25, 0.3) is 0 Å². The summed E-state index contributed by atoms with van der Waals surface area (Å²) >= 11 is 0. The first-order valence-electron chi connectivity index (χ1n) is 6.26. The Bertz CT molecular complexity index is 160. The molecule has 1 atom stereocenters. The fourth-order valence-corrected chi connectivity index (χ4v) is 2.90. The fraction of sp³-hybridized carbons (Fsp3) is 1.00. The van der Waals surface area contributed by atoms with Gasteiger partial charge in [-0.3, -0.25) is 0 Å². The summed E-state index contributed by atoms with van der Waals surface area (Å²) in [5, 5.41) is 10.1.